The molecule has 1 saturated carbocycles. The number of halogens is 1. The van der Waals surface area contributed by atoms with E-state index in [0.717, 1.165) is 40.0 Å². The molecular formula is C16H15BrN2O4. The van der Waals surface area contributed by atoms with Crippen molar-refractivity contribution in [2.75, 3.05) is 6.54 Å². The molecule has 2 fully saturated rings. The number of nitrogens with zero attached hydrogens (tertiary/aromatic N) is 2. The maximum Gasteiger partial charge on any atom is 0.334 e. The highest BCUT2D eigenvalue weighted by Gasteiger charge is 2.48. The zero-order chi connectivity index (χ0) is 16.6. The van der Waals surface area contributed by atoms with Crippen molar-refractivity contribution in [2.24, 2.45) is 0 Å². The third-order valence-corrected chi connectivity index (χ3v) is 4.77. The van der Waals surface area contributed by atoms with Crippen LogP contribution in [-0.2, 0) is 9.59 Å². The van der Waals surface area contributed by atoms with E-state index in [0.29, 0.717) is 5.56 Å². The summed E-state index contributed by atoms with van der Waals surface area (Å²) in [6.07, 6.45) is 3.32. The molecule has 23 heavy (non-hydrogen) atoms. The number of rotatable bonds is 4. The Morgan fingerprint density at radius 2 is 1.65 bits per heavy atom. The van der Waals surface area contributed by atoms with Crippen molar-refractivity contribution in [3.63, 3.8) is 0 Å². The van der Waals surface area contributed by atoms with Crippen LogP contribution in [0.2, 0.25) is 0 Å². The van der Waals surface area contributed by atoms with Crippen molar-refractivity contribution in [2.45, 2.75) is 31.7 Å². The van der Waals surface area contributed by atoms with Gasteiger partial charge in [-0.1, -0.05) is 40.9 Å². The highest BCUT2D eigenvalue weighted by Crippen LogP contribution is 2.27. The molecule has 1 aromatic rings. The van der Waals surface area contributed by atoms with E-state index in [4.69, 9.17) is 0 Å². The predicted molar refractivity (Wildman–Crippen MR) is 84.7 cm³/mol. The molecular weight excluding hydrogens is 364 g/mol. The lowest BCUT2D eigenvalue weighted by molar-refractivity contribution is -0.143. The summed E-state index contributed by atoms with van der Waals surface area (Å²) in [5.74, 6) is -2.10. The van der Waals surface area contributed by atoms with Crippen molar-refractivity contribution in [3.8, 4) is 0 Å². The van der Waals surface area contributed by atoms with Gasteiger partial charge in [-0.3, -0.25) is 19.3 Å². The largest absolute Gasteiger partial charge is 0.334 e. The van der Waals surface area contributed by atoms with Crippen LogP contribution in [-0.4, -0.2) is 46.0 Å². The fourth-order valence-corrected chi connectivity index (χ4v) is 3.28. The van der Waals surface area contributed by atoms with Crippen LogP contribution < -0.4 is 0 Å². The molecule has 1 aliphatic heterocycles. The molecule has 0 unspecified atom stereocenters. The lowest BCUT2D eigenvalue weighted by atomic mass is 10.1. The molecule has 1 aromatic carbocycles. The van der Waals surface area contributed by atoms with Crippen molar-refractivity contribution in [1.82, 2.24) is 9.80 Å². The Kier molecular flexibility index (Phi) is 4.30. The average molecular weight is 379 g/mol. The van der Waals surface area contributed by atoms with Gasteiger partial charge in [0.1, 0.15) is 0 Å². The minimum atomic E-state index is -0.910. The quantitative estimate of drug-likeness (QED) is 0.457. The predicted octanol–water partition coefficient (Wildman–Crippen LogP) is 2.37. The molecule has 6 nitrogen and oxygen atoms in total. The summed E-state index contributed by atoms with van der Waals surface area (Å²) in [7, 11) is 0. The number of ketones is 1. The van der Waals surface area contributed by atoms with E-state index in [9.17, 15) is 19.2 Å². The Bertz CT molecular complexity index is 680. The smallest absolute Gasteiger partial charge is 0.292 e. The van der Waals surface area contributed by atoms with Gasteiger partial charge >= 0.3 is 17.8 Å². The Morgan fingerprint density at radius 3 is 2.26 bits per heavy atom. The van der Waals surface area contributed by atoms with Gasteiger partial charge in [-0.25, -0.2) is 9.69 Å². The zero-order valence-electron chi connectivity index (χ0n) is 12.3. The van der Waals surface area contributed by atoms with Crippen LogP contribution in [0.4, 0.5) is 4.79 Å². The second kappa shape index (κ2) is 6.23. The van der Waals surface area contributed by atoms with Gasteiger partial charge in [0.05, 0.1) is 6.54 Å². The van der Waals surface area contributed by atoms with Crippen LogP contribution in [0, 0.1) is 0 Å². The highest BCUT2D eigenvalue weighted by atomic mass is 79.9. The van der Waals surface area contributed by atoms with Crippen LogP contribution in [0.1, 0.15) is 36.0 Å². The third kappa shape index (κ3) is 2.93. The Balaban J connectivity index is 1.76. The number of hydrogen-bond donors (Lipinski definition) is 0. The molecule has 120 valence electrons. The van der Waals surface area contributed by atoms with Gasteiger partial charge in [-0.15, -0.1) is 0 Å². The number of hydrogen-bond acceptors (Lipinski definition) is 4. The van der Waals surface area contributed by atoms with E-state index in [-0.39, 0.29) is 11.8 Å². The average Bonchev–Trinajstić information content (AvgIpc) is 3.12. The first kappa shape index (κ1) is 15.9. The molecule has 0 N–H and O–H groups in total. The molecule has 7 heteroatoms. The molecule has 3 rings (SSSR count). The topological polar surface area (TPSA) is 74.8 Å². The van der Waals surface area contributed by atoms with Crippen LogP contribution in [0.5, 0.6) is 0 Å². The molecule has 0 atom stereocenters. The number of amides is 4. The Hall–Kier alpha value is -2.02. The molecule has 4 amide bonds. The summed E-state index contributed by atoms with van der Waals surface area (Å²) in [5.41, 5.74) is 0.389. The summed E-state index contributed by atoms with van der Waals surface area (Å²) < 4.78 is 0.824. The number of carbonyl (C=O) groups excluding carboxylic acids is 4. The second-order valence-corrected chi connectivity index (χ2v) is 6.63. The molecule has 0 bridgehead atoms. The summed E-state index contributed by atoms with van der Waals surface area (Å²) in [6.45, 7) is -0.408. The number of benzene rings is 1. The van der Waals surface area contributed by atoms with Crippen LogP contribution in [0.3, 0.4) is 0 Å². The standard InChI is InChI=1S/C16H15BrN2O4/c17-11-7-5-10(6-8-11)13(20)9-18-14(21)15(22)19(16(18)23)12-3-1-2-4-12/h5-8,12H,1-4,9H2. The van der Waals surface area contributed by atoms with Gasteiger partial charge in [0.15, 0.2) is 5.78 Å². The van der Waals surface area contributed by atoms with Gasteiger partial charge in [-0.2, -0.15) is 0 Å². The van der Waals surface area contributed by atoms with Crippen molar-refractivity contribution >= 4 is 39.6 Å². The minimum absolute atomic E-state index is 0.216. The zero-order valence-corrected chi connectivity index (χ0v) is 13.9. The normalized spacial score (nSPS) is 19.1. The van der Waals surface area contributed by atoms with E-state index in [1.54, 1.807) is 24.3 Å². The van der Waals surface area contributed by atoms with Crippen molar-refractivity contribution < 1.29 is 19.2 Å². The van der Waals surface area contributed by atoms with Gasteiger partial charge in [0.25, 0.3) is 0 Å². The number of urea groups is 1. The van der Waals surface area contributed by atoms with E-state index in [1.807, 2.05) is 0 Å². The molecule has 2 aliphatic rings. The molecule has 1 aliphatic carbocycles. The van der Waals surface area contributed by atoms with Gasteiger partial charge in [0.2, 0.25) is 0 Å². The lowest BCUT2D eigenvalue weighted by Crippen LogP contribution is -2.41. The first-order valence-corrected chi connectivity index (χ1v) is 8.26. The fraction of sp³-hybridized carbons (Fsp3) is 0.375. The number of imide groups is 2. The molecule has 1 heterocycles. The maximum absolute atomic E-state index is 12.4. The SMILES string of the molecule is O=C(CN1C(=O)C(=O)N(C2CCCC2)C1=O)c1ccc(Br)cc1. The minimum Gasteiger partial charge on any atom is -0.292 e. The van der Waals surface area contributed by atoms with Gasteiger partial charge in [0, 0.05) is 16.1 Å². The van der Waals surface area contributed by atoms with Crippen molar-refractivity contribution in [1.29, 1.82) is 0 Å². The third-order valence-electron chi connectivity index (χ3n) is 4.24. The highest BCUT2D eigenvalue weighted by molar-refractivity contribution is 9.10. The fourth-order valence-electron chi connectivity index (χ4n) is 3.02. The van der Waals surface area contributed by atoms with E-state index in [2.05, 4.69) is 15.9 Å². The molecule has 0 spiro atoms. The Labute approximate surface area is 141 Å². The van der Waals surface area contributed by atoms with Crippen LogP contribution in [0.15, 0.2) is 28.7 Å². The lowest BCUT2D eigenvalue weighted by Gasteiger charge is -2.20. The second-order valence-electron chi connectivity index (χ2n) is 5.72. The first-order valence-electron chi connectivity index (χ1n) is 7.47. The van der Waals surface area contributed by atoms with E-state index in [1.165, 1.54) is 0 Å². The number of carbonyl (C=O) groups is 4. The first-order chi connectivity index (χ1) is 11.0. The molecule has 0 aromatic heterocycles. The monoisotopic (exact) mass is 378 g/mol. The summed E-state index contributed by atoms with van der Waals surface area (Å²) in [6, 6.07) is 5.74. The van der Waals surface area contributed by atoms with Crippen LogP contribution >= 0.6 is 15.9 Å². The molecule has 0 radical (unpaired) electrons. The van der Waals surface area contributed by atoms with Crippen LogP contribution in [0.25, 0.3) is 0 Å². The van der Waals surface area contributed by atoms with E-state index < -0.39 is 24.4 Å². The van der Waals surface area contributed by atoms with Gasteiger partial charge < -0.3 is 0 Å². The van der Waals surface area contributed by atoms with Crippen molar-refractivity contribution in [3.05, 3.63) is 34.3 Å². The molecule has 1 saturated heterocycles. The number of Topliss-reactive ketones (excluding diaryl/α,β-unsaturated/α-hetero) is 1. The summed E-state index contributed by atoms with van der Waals surface area (Å²) in [4.78, 5) is 50.5. The summed E-state index contributed by atoms with van der Waals surface area (Å²) >= 11 is 3.27. The van der Waals surface area contributed by atoms with Gasteiger partial charge in [-0.05, 0) is 25.0 Å². The van der Waals surface area contributed by atoms with E-state index >= 15 is 0 Å². The summed E-state index contributed by atoms with van der Waals surface area (Å²) in [5, 5.41) is 0. The Morgan fingerprint density at radius 1 is 1.04 bits per heavy atom. The maximum atomic E-state index is 12.4.